The molecule has 4 rings (SSSR count). The molecule has 32 heteroatoms. The summed E-state index contributed by atoms with van der Waals surface area (Å²) < 4.78 is 41.8. The number of aliphatic hydroxyl groups excluding tert-OH is 22. The van der Waals surface area contributed by atoms with Gasteiger partial charge in [-0.15, -0.1) is 0 Å². The summed E-state index contributed by atoms with van der Waals surface area (Å²) in [6.07, 6.45) is -57.9. The Hall–Kier alpha value is -1.86. The molecule has 4 fully saturated rings. The predicted octanol–water partition coefficient (Wildman–Crippen LogP) is -15.7. The summed E-state index contributed by atoms with van der Waals surface area (Å²) in [7, 11) is 0. The van der Waals surface area contributed by atoms with Gasteiger partial charge in [0.25, 0.3) is 0 Å². The van der Waals surface area contributed by atoms with Crippen molar-refractivity contribution in [2.75, 3.05) is 39.6 Å². The van der Waals surface area contributed by atoms with Crippen LogP contribution in [0.15, 0.2) is 0 Å². The molecule has 0 aromatic rings. The molecule has 4 aliphatic heterocycles. The average molecular weight is 1010 g/mol. The molecule has 4 heterocycles. The zero-order valence-corrected chi connectivity index (χ0v) is 35.3. The Balaban J connectivity index is 1.25. The monoisotopic (exact) mass is 1010 g/mol. The fraction of sp³-hybridized carbons (Fsp3) is 0.944. The highest BCUT2D eigenvalue weighted by molar-refractivity contribution is 6.40. The second-order valence-corrected chi connectivity index (χ2v) is 16.5. The lowest BCUT2D eigenvalue weighted by molar-refractivity contribution is -0.333. The zero-order chi connectivity index (χ0) is 51.2. The molecule has 28 atom stereocenters. The molecule has 398 valence electrons. The number of carbonyl (C=O) groups is 2. The number of hydrogen-bond acceptors (Lipinski definition) is 32. The molecule has 0 aromatic carbocycles. The van der Waals surface area contributed by atoms with Crippen molar-refractivity contribution in [1.82, 2.24) is 0 Å². The molecule has 68 heavy (non-hydrogen) atoms. The number of ketones is 2. The molecular formula is C36H62O32. The molecule has 0 aliphatic carbocycles. The van der Waals surface area contributed by atoms with Crippen LogP contribution >= 0.6 is 0 Å². The Morgan fingerprint density at radius 3 is 0.882 bits per heavy atom. The van der Waals surface area contributed by atoms with Crippen LogP contribution in [0.3, 0.4) is 0 Å². The maximum atomic E-state index is 12.7. The highest BCUT2D eigenvalue weighted by atomic mass is 16.7. The van der Waals surface area contributed by atoms with Crippen molar-refractivity contribution in [1.29, 1.82) is 0 Å². The standard InChI is InChI=1S/C36H62O32/c37-1-9-15(43)21(49)29(57)35(65-9)63-5-11-17(45)23(51)31(59)33(67-11)61-3-7(39)13(41)19(47)25(53)27(55)28(56)26(54)20(48)14(42)8(40)4-62-34-32(60)24(52)18(46)12(68-34)6-64-36-30(58)22(50)16(44)10(2-38)66-36/h7-26,29-54,57-60H,1-6H2/t7-,8-,9-,10-,11-,12-,13-,14-,15?,16?,17-,18-,19+,20+,21?,22?,23+,24+,25-,26-,29?,30?,31?,32?,33+,34+,35+,36+/m1/s1. The zero-order valence-electron chi connectivity index (χ0n) is 35.3. The van der Waals surface area contributed by atoms with E-state index < -0.39 is 223 Å². The van der Waals surface area contributed by atoms with E-state index in [2.05, 4.69) is 0 Å². The van der Waals surface area contributed by atoms with Crippen LogP contribution in [-0.2, 0) is 47.5 Å². The van der Waals surface area contributed by atoms with E-state index in [-0.39, 0.29) is 0 Å². The largest absolute Gasteiger partial charge is 0.394 e. The van der Waals surface area contributed by atoms with Crippen molar-refractivity contribution in [3.8, 4) is 0 Å². The molecule has 0 spiro atoms. The lowest BCUT2D eigenvalue weighted by atomic mass is 9.93. The molecule has 0 aromatic heterocycles. The fourth-order valence-electron chi connectivity index (χ4n) is 7.19. The highest BCUT2D eigenvalue weighted by Gasteiger charge is 2.51. The highest BCUT2D eigenvalue weighted by Crippen LogP contribution is 2.28. The minimum Gasteiger partial charge on any atom is -0.394 e. The van der Waals surface area contributed by atoms with Crippen LogP contribution in [0.4, 0.5) is 0 Å². The van der Waals surface area contributed by atoms with Crippen molar-refractivity contribution in [2.45, 2.75) is 172 Å². The number of Topliss-reactive ketones (excluding diaryl/α,β-unsaturated/α-hetero) is 2. The van der Waals surface area contributed by atoms with E-state index in [1.807, 2.05) is 0 Å². The molecule has 4 aliphatic rings. The van der Waals surface area contributed by atoms with E-state index in [0.717, 1.165) is 0 Å². The Labute approximate surface area is 382 Å². The molecule has 22 N–H and O–H groups in total. The van der Waals surface area contributed by atoms with Crippen molar-refractivity contribution in [2.24, 2.45) is 0 Å². The molecule has 8 unspecified atom stereocenters. The third-order valence-corrected chi connectivity index (χ3v) is 11.7. The first-order chi connectivity index (χ1) is 31.8. The van der Waals surface area contributed by atoms with Crippen LogP contribution < -0.4 is 0 Å². The smallest absolute Gasteiger partial charge is 0.232 e. The number of carbonyl (C=O) groups excluding carboxylic acids is 2. The Morgan fingerprint density at radius 2 is 0.603 bits per heavy atom. The van der Waals surface area contributed by atoms with Crippen molar-refractivity contribution in [3.63, 3.8) is 0 Å². The maximum absolute atomic E-state index is 12.7. The van der Waals surface area contributed by atoms with Gasteiger partial charge in [0.1, 0.15) is 146 Å². The topological polar surface area (TPSA) is 553 Å². The van der Waals surface area contributed by atoms with Gasteiger partial charge in [-0.1, -0.05) is 0 Å². The van der Waals surface area contributed by atoms with Crippen LogP contribution in [0.25, 0.3) is 0 Å². The van der Waals surface area contributed by atoms with E-state index in [4.69, 9.17) is 37.9 Å². The minimum absolute atomic E-state index is 0.779. The van der Waals surface area contributed by atoms with E-state index in [1.165, 1.54) is 0 Å². The quantitative estimate of drug-likeness (QED) is 0.0423. The summed E-state index contributed by atoms with van der Waals surface area (Å²) in [5.74, 6) is -4.27. The number of ether oxygens (including phenoxy) is 8. The van der Waals surface area contributed by atoms with Gasteiger partial charge < -0.3 is 150 Å². The first-order valence-electron chi connectivity index (χ1n) is 20.8. The molecule has 0 bridgehead atoms. The first kappa shape index (κ1) is 58.7. The lowest BCUT2D eigenvalue weighted by Gasteiger charge is -2.42. The fourth-order valence-corrected chi connectivity index (χ4v) is 7.19. The van der Waals surface area contributed by atoms with Gasteiger partial charge in [0.15, 0.2) is 25.2 Å². The van der Waals surface area contributed by atoms with E-state index >= 15 is 0 Å². The summed E-state index contributed by atoms with van der Waals surface area (Å²) in [5.41, 5.74) is 0. The number of hydrogen-bond donors (Lipinski definition) is 22. The Morgan fingerprint density at radius 1 is 0.353 bits per heavy atom. The van der Waals surface area contributed by atoms with Gasteiger partial charge in [-0.05, 0) is 0 Å². The van der Waals surface area contributed by atoms with Crippen LogP contribution in [0.1, 0.15) is 0 Å². The van der Waals surface area contributed by atoms with Gasteiger partial charge >= 0.3 is 0 Å². The van der Waals surface area contributed by atoms with Gasteiger partial charge in [-0.25, -0.2) is 0 Å². The average Bonchev–Trinajstić information content (AvgIpc) is 3.33. The molecule has 0 radical (unpaired) electrons. The molecule has 32 nitrogen and oxygen atoms in total. The number of aliphatic hydroxyl groups is 22. The van der Waals surface area contributed by atoms with Crippen LogP contribution in [0.2, 0.25) is 0 Å². The van der Waals surface area contributed by atoms with Gasteiger partial charge in [-0.3, -0.25) is 9.59 Å². The third-order valence-electron chi connectivity index (χ3n) is 11.7. The maximum Gasteiger partial charge on any atom is 0.232 e. The van der Waals surface area contributed by atoms with Crippen molar-refractivity contribution >= 4 is 11.6 Å². The van der Waals surface area contributed by atoms with E-state index in [9.17, 15) is 122 Å². The normalized spacial score (nSPS) is 42.9. The van der Waals surface area contributed by atoms with Gasteiger partial charge in [-0.2, -0.15) is 0 Å². The Bertz CT molecular complexity index is 1440. The molecule has 0 amide bonds. The van der Waals surface area contributed by atoms with Crippen LogP contribution in [0.5, 0.6) is 0 Å². The first-order valence-corrected chi connectivity index (χ1v) is 20.8. The molecule has 0 saturated carbocycles. The third kappa shape index (κ3) is 13.4. The summed E-state index contributed by atoms with van der Waals surface area (Å²) in [6, 6.07) is 0. The van der Waals surface area contributed by atoms with E-state index in [0.29, 0.717) is 0 Å². The minimum atomic E-state index is -2.99. The summed E-state index contributed by atoms with van der Waals surface area (Å²) in [6.45, 7) is -5.50. The molecular weight excluding hydrogens is 944 g/mol. The Kier molecular flexibility index (Phi) is 22.2. The van der Waals surface area contributed by atoms with Crippen LogP contribution in [-0.4, -0.2) is 335 Å². The van der Waals surface area contributed by atoms with Crippen molar-refractivity contribution in [3.05, 3.63) is 0 Å². The summed E-state index contributed by atoms with van der Waals surface area (Å²) in [5, 5.41) is 224. The lowest BCUT2D eigenvalue weighted by Crippen LogP contribution is -2.62. The summed E-state index contributed by atoms with van der Waals surface area (Å²) in [4.78, 5) is 25.4. The predicted molar refractivity (Wildman–Crippen MR) is 203 cm³/mol. The second-order valence-electron chi connectivity index (χ2n) is 16.5. The molecule has 4 saturated heterocycles. The SMILES string of the molecule is O=C(C(=O)[C@H](O)[C@@H](O)[C@H](O)[C@H](O)CO[C@H]1O[C@H](CO[C@H]2O[C@H](CO)C(O)C(O)C2O)[C@@H](O)[C@H](O)C1O)[C@H](O)[C@@H](O)[C@H](O)[C@H](O)CO[C@H]1O[C@H](CO[C@H]2O[C@H](CO)C(O)C(O)C2O)[C@@H](O)[C@H](O)C1O. The van der Waals surface area contributed by atoms with E-state index in [1.54, 1.807) is 0 Å². The van der Waals surface area contributed by atoms with Crippen LogP contribution in [0, 0.1) is 0 Å². The summed E-state index contributed by atoms with van der Waals surface area (Å²) >= 11 is 0. The van der Waals surface area contributed by atoms with Crippen molar-refractivity contribution < 1.29 is 160 Å². The van der Waals surface area contributed by atoms with Gasteiger partial charge in [0.2, 0.25) is 11.6 Å². The van der Waals surface area contributed by atoms with Gasteiger partial charge in [0.05, 0.1) is 39.6 Å². The van der Waals surface area contributed by atoms with Gasteiger partial charge in [0, 0.05) is 0 Å². The number of rotatable bonds is 23. The second kappa shape index (κ2) is 25.7.